The molecule has 0 aliphatic carbocycles. The topological polar surface area (TPSA) is 49.4 Å². The van der Waals surface area contributed by atoms with Crippen molar-refractivity contribution < 1.29 is 8.42 Å². The smallest absolute Gasteiger partial charge is 0.243 e. The molecule has 2 rings (SSSR count). The van der Waals surface area contributed by atoms with E-state index in [-0.39, 0.29) is 0 Å². The summed E-state index contributed by atoms with van der Waals surface area (Å²) in [5.74, 6) is 0. The molecule has 0 amide bonds. The van der Waals surface area contributed by atoms with Crippen LogP contribution in [0.1, 0.15) is 5.56 Å². The van der Waals surface area contributed by atoms with Crippen LogP contribution in [0.3, 0.4) is 0 Å². The molecule has 1 saturated heterocycles. The molecule has 1 aliphatic heterocycles. The predicted molar refractivity (Wildman–Crippen MR) is 67.8 cm³/mol. The van der Waals surface area contributed by atoms with Gasteiger partial charge in [0.25, 0.3) is 0 Å². The molecule has 6 heteroatoms. The molecule has 4 nitrogen and oxygen atoms in total. The molecule has 0 saturated carbocycles. The zero-order chi connectivity index (χ0) is 12.5. The summed E-state index contributed by atoms with van der Waals surface area (Å²) in [6, 6.07) is 4.98. The van der Waals surface area contributed by atoms with Gasteiger partial charge in [0.2, 0.25) is 10.0 Å². The van der Waals surface area contributed by atoms with Crippen molar-refractivity contribution in [2.75, 3.05) is 26.2 Å². The van der Waals surface area contributed by atoms with Crippen LogP contribution in [-0.2, 0) is 10.0 Å². The molecule has 1 heterocycles. The van der Waals surface area contributed by atoms with Gasteiger partial charge in [0.1, 0.15) is 0 Å². The number of hydrogen-bond acceptors (Lipinski definition) is 3. The highest BCUT2D eigenvalue weighted by Crippen LogP contribution is 2.25. The molecule has 0 bridgehead atoms. The third-order valence-electron chi connectivity index (χ3n) is 2.91. The van der Waals surface area contributed by atoms with Crippen molar-refractivity contribution in [1.29, 1.82) is 0 Å². The Morgan fingerprint density at radius 2 is 1.94 bits per heavy atom. The summed E-state index contributed by atoms with van der Waals surface area (Å²) in [6.07, 6.45) is 0. The molecule has 0 radical (unpaired) electrons. The van der Waals surface area contributed by atoms with Crippen molar-refractivity contribution in [3.05, 3.63) is 28.8 Å². The molecule has 17 heavy (non-hydrogen) atoms. The number of halogens is 1. The van der Waals surface area contributed by atoms with Gasteiger partial charge in [-0.3, -0.25) is 0 Å². The maximum atomic E-state index is 12.4. The zero-order valence-corrected chi connectivity index (χ0v) is 11.2. The molecule has 0 atom stereocenters. The minimum absolute atomic E-state index is 0.312. The van der Waals surface area contributed by atoms with Gasteiger partial charge in [-0.15, -0.1) is 0 Å². The first-order valence-electron chi connectivity index (χ1n) is 5.49. The average molecular weight is 275 g/mol. The molecule has 0 spiro atoms. The second kappa shape index (κ2) is 4.94. The van der Waals surface area contributed by atoms with Gasteiger partial charge in [0, 0.05) is 31.2 Å². The highest BCUT2D eigenvalue weighted by Gasteiger charge is 2.27. The van der Waals surface area contributed by atoms with Crippen LogP contribution in [0.25, 0.3) is 0 Å². The van der Waals surface area contributed by atoms with E-state index in [9.17, 15) is 8.42 Å². The lowest BCUT2D eigenvalue weighted by atomic mass is 10.2. The minimum Gasteiger partial charge on any atom is -0.314 e. The number of sulfonamides is 1. The fraction of sp³-hybridized carbons (Fsp3) is 0.455. The standard InChI is InChI=1S/C11H15ClN2O2S/c1-9-10(12)3-2-4-11(9)17(15,16)14-7-5-13-6-8-14/h2-4,13H,5-8H2,1H3. The molecule has 0 aromatic heterocycles. The highest BCUT2D eigenvalue weighted by molar-refractivity contribution is 7.89. The van der Waals surface area contributed by atoms with Crippen molar-refractivity contribution in [2.24, 2.45) is 0 Å². The van der Waals surface area contributed by atoms with Crippen LogP contribution in [-0.4, -0.2) is 38.9 Å². The van der Waals surface area contributed by atoms with Crippen LogP contribution < -0.4 is 5.32 Å². The molecule has 0 unspecified atom stereocenters. The summed E-state index contributed by atoms with van der Waals surface area (Å²) < 4.78 is 26.3. The lowest BCUT2D eigenvalue weighted by Gasteiger charge is -2.27. The van der Waals surface area contributed by atoms with E-state index in [0.717, 1.165) is 0 Å². The fourth-order valence-corrected chi connectivity index (χ4v) is 3.81. The van der Waals surface area contributed by atoms with Gasteiger partial charge < -0.3 is 5.32 Å². The van der Waals surface area contributed by atoms with Crippen LogP contribution in [0.2, 0.25) is 5.02 Å². The van der Waals surface area contributed by atoms with Gasteiger partial charge in [-0.2, -0.15) is 4.31 Å². The van der Waals surface area contributed by atoms with E-state index in [2.05, 4.69) is 5.32 Å². The Kier molecular flexibility index (Phi) is 3.73. The second-order valence-corrected chi connectivity index (χ2v) is 6.33. The van der Waals surface area contributed by atoms with Crippen LogP contribution in [0.4, 0.5) is 0 Å². The Balaban J connectivity index is 2.40. The van der Waals surface area contributed by atoms with Crippen molar-refractivity contribution in [3.63, 3.8) is 0 Å². The summed E-state index contributed by atoms with van der Waals surface area (Å²) >= 11 is 5.96. The van der Waals surface area contributed by atoms with E-state index in [1.54, 1.807) is 25.1 Å². The van der Waals surface area contributed by atoms with E-state index in [1.165, 1.54) is 4.31 Å². The Morgan fingerprint density at radius 1 is 1.29 bits per heavy atom. The second-order valence-electron chi connectivity index (χ2n) is 4.02. The van der Waals surface area contributed by atoms with Crippen LogP contribution in [0.5, 0.6) is 0 Å². The predicted octanol–water partition coefficient (Wildman–Crippen LogP) is 1.24. The molecule has 1 N–H and O–H groups in total. The quantitative estimate of drug-likeness (QED) is 0.883. The van der Waals surface area contributed by atoms with E-state index in [4.69, 9.17) is 11.6 Å². The SMILES string of the molecule is Cc1c(Cl)cccc1S(=O)(=O)N1CCNCC1. The van der Waals surface area contributed by atoms with Gasteiger partial charge in [-0.05, 0) is 24.6 Å². The summed E-state index contributed by atoms with van der Waals surface area (Å²) in [4.78, 5) is 0.312. The van der Waals surface area contributed by atoms with Gasteiger partial charge in [0.05, 0.1) is 4.90 Å². The Bertz CT molecular complexity index is 510. The number of piperazine rings is 1. The van der Waals surface area contributed by atoms with Crippen molar-refractivity contribution in [2.45, 2.75) is 11.8 Å². The van der Waals surface area contributed by atoms with E-state index < -0.39 is 10.0 Å². The molecule has 1 aliphatic rings. The molecule has 1 aromatic rings. The fourth-order valence-electron chi connectivity index (χ4n) is 1.89. The molecule has 1 fully saturated rings. The normalized spacial score (nSPS) is 18.2. The lowest BCUT2D eigenvalue weighted by Crippen LogP contribution is -2.46. The molecule has 94 valence electrons. The van der Waals surface area contributed by atoms with E-state index in [0.29, 0.717) is 41.7 Å². The molecule has 1 aromatic carbocycles. The Morgan fingerprint density at radius 3 is 2.59 bits per heavy atom. The van der Waals surface area contributed by atoms with Gasteiger partial charge in [-0.25, -0.2) is 8.42 Å². The van der Waals surface area contributed by atoms with Crippen molar-refractivity contribution in [3.8, 4) is 0 Å². The number of benzene rings is 1. The summed E-state index contributed by atoms with van der Waals surface area (Å²) in [5, 5.41) is 3.62. The van der Waals surface area contributed by atoms with Crippen molar-refractivity contribution in [1.82, 2.24) is 9.62 Å². The van der Waals surface area contributed by atoms with Crippen LogP contribution in [0, 0.1) is 6.92 Å². The number of nitrogens with zero attached hydrogens (tertiary/aromatic N) is 1. The molecular weight excluding hydrogens is 260 g/mol. The lowest BCUT2D eigenvalue weighted by molar-refractivity contribution is 0.360. The monoisotopic (exact) mass is 274 g/mol. The van der Waals surface area contributed by atoms with E-state index in [1.807, 2.05) is 0 Å². The Labute approximate surface area is 107 Å². The van der Waals surface area contributed by atoms with Crippen molar-refractivity contribution >= 4 is 21.6 Å². The largest absolute Gasteiger partial charge is 0.314 e. The van der Waals surface area contributed by atoms with E-state index >= 15 is 0 Å². The highest BCUT2D eigenvalue weighted by atomic mass is 35.5. The van der Waals surface area contributed by atoms with Gasteiger partial charge in [-0.1, -0.05) is 17.7 Å². The number of rotatable bonds is 2. The first-order chi connectivity index (χ1) is 8.03. The first kappa shape index (κ1) is 12.8. The average Bonchev–Trinajstić information content (AvgIpc) is 2.33. The number of hydrogen-bond donors (Lipinski definition) is 1. The third kappa shape index (κ3) is 2.47. The summed E-state index contributed by atoms with van der Waals surface area (Å²) in [5.41, 5.74) is 0.618. The third-order valence-corrected chi connectivity index (χ3v) is 5.36. The van der Waals surface area contributed by atoms with Gasteiger partial charge in [0.15, 0.2) is 0 Å². The Hall–Kier alpha value is -0.620. The van der Waals surface area contributed by atoms with Crippen LogP contribution in [0.15, 0.2) is 23.1 Å². The van der Waals surface area contributed by atoms with Crippen LogP contribution >= 0.6 is 11.6 Å². The number of nitrogens with one attached hydrogen (secondary N) is 1. The zero-order valence-electron chi connectivity index (χ0n) is 9.61. The summed E-state index contributed by atoms with van der Waals surface area (Å²) in [6.45, 7) is 4.14. The first-order valence-corrected chi connectivity index (χ1v) is 7.31. The summed E-state index contributed by atoms with van der Waals surface area (Å²) in [7, 11) is -3.41. The minimum atomic E-state index is -3.41. The maximum Gasteiger partial charge on any atom is 0.243 e. The molecular formula is C11H15ClN2O2S. The maximum absolute atomic E-state index is 12.4. The van der Waals surface area contributed by atoms with Gasteiger partial charge >= 0.3 is 0 Å².